The van der Waals surface area contributed by atoms with Crippen molar-refractivity contribution < 1.29 is 4.79 Å². The number of anilines is 2. The van der Waals surface area contributed by atoms with Crippen LogP contribution < -0.4 is 10.2 Å². The highest BCUT2D eigenvalue weighted by Crippen LogP contribution is 2.26. The molecular formula is C18H24BrN5OS. The Morgan fingerprint density at radius 1 is 1.19 bits per heavy atom. The van der Waals surface area contributed by atoms with Crippen LogP contribution in [0.1, 0.15) is 26.6 Å². The summed E-state index contributed by atoms with van der Waals surface area (Å²) < 4.78 is 5.49. The third kappa shape index (κ3) is 5.02. The predicted octanol–water partition coefficient (Wildman–Crippen LogP) is 3.36. The molecule has 0 atom stereocenters. The quantitative estimate of drug-likeness (QED) is 0.794. The van der Waals surface area contributed by atoms with Gasteiger partial charge in [0, 0.05) is 53.3 Å². The van der Waals surface area contributed by atoms with Gasteiger partial charge in [0.25, 0.3) is 0 Å². The molecule has 2 heterocycles. The Hall–Kier alpha value is -1.51. The van der Waals surface area contributed by atoms with Crippen LogP contribution in [0.3, 0.4) is 0 Å². The zero-order valence-corrected chi connectivity index (χ0v) is 17.7. The van der Waals surface area contributed by atoms with E-state index in [0.717, 1.165) is 47.3 Å². The van der Waals surface area contributed by atoms with Crippen molar-refractivity contribution in [1.29, 1.82) is 0 Å². The molecule has 6 nitrogen and oxygen atoms in total. The fourth-order valence-corrected chi connectivity index (χ4v) is 3.86. The summed E-state index contributed by atoms with van der Waals surface area (Å²) in [4.78, 5) is 21.4. The van der Waals surface area contributed by atoms with Crippen LogP contribution in [-0.2, 0) is 10.2 Å². The average Bonchev–Trinajstić information content (AvgIpc) is 3.08. The first-order valence-electron chi connectivity index (χ1n) is 8.68. The van der Waals surface area contributed by atoms with Gasteiger partial charge in [-0.1, -0.05) is 36.7 Å². The average molecular weight is 438 g/mol. The van der Waals surface area contributed by atoms with Gasteiger partial charge in [0.1, 0.15) is 5.82 Å². The van der Waals surface area contributed by atoms with Gasteiger partial charge in [-0.2, -0.15) is 4.37 Å². The van der Waals surface area contributed by atoms with Crippen LogP contribution in [0.2, 0.25) is 0 Å². The summed E-state index contributed by atoms with van der Waals surface area (Å²) >= 11 is 4.86. The molecule has 1 fully saturated rings. The van der Waals surface area contributed by atoms with Crippen molar-refractivity contribution in [2.24, 2.45) is 0 Å². The second kappa shape index (κ2) is 8.02. The van der Waals surface area contributed by atoms with Gasteiger partial charge in [0.15, 0.2) is 0 Å². The second-order valence-electron chi connectivity index (χ2n) is 7.47. The van der Waals surface area contributed by atoms with Crippen molar-refractivity contribution in [1.82, 2.24) is 14.3 Å². The molecule has 0 spiro atoms. The monoisotopic (exact) mass is 437 g/mol. The number of hydrogen-bond acceptors (Lipinski definition) is 6. The number of benzene rings is 1. The third-order valence-corrected chi connectivity index (χ3v) is 5.53. The van der Waals surface area contributed by atoms with Crippen LogP contribution >= 0.6 is 27.5 Å². The first-order chi connectivity index (χ1) is 12.3. The highest BCUT2D eigenvalue weighted by molar-refractivity contribution is 9.10. The van der Waals surface area contributed by atoms with Crippen molar-refractivity contribution in [3.63, 3.8) is 0 Å². The summed E-state index contributed by atoms with van der Waals surface area (Å²) in [6, 6.07) is 7.62. The van der Waals surface area contributed by atoms with Crippen LogP contribution in [0.15, 0.2) is 28.7 Å². The second-order valence-corrected chi connectivity index (χ2v) is 9.11. The lowest BCUT2D eigenvalue weighted by Crippen LogP contribution is -2.48. The van der Waals surface area contributed by atoms with Gasteiger partial charge in [0.2, 0.25) is 11.0 Å². The molecule has 1 aromatic carbocycles. The molecule has 1 amide bonds. The maximum atomic E-state index is 12.2. The molecule has 1 saturated heterocycles. The number of halogens is 1. The van der Waals surface area contributed by atoms with Crippen molar-refractivity contribution >= 4 is 44.2 Å². The smallest absolute Gasteiger partial charge is 0.238 e. The van der Waals surface area contributed by atoms with E-state index < -0.39 is 0 Å². The summed E-state index contributed by atoms with van der Waals surface area (Å²) in [6.07, 6.45) is 0. The number of piperazine rings is 1. The molecule has 140 valence electrons. The number of hydrogen-bond donors (Lipinski definition) is 1. The lowest BCUT2D eigenvalue weighted by Gasteiger charge is -2.33. The summed E-state index contributed by atoms with van der Waals surface area (Å²) in [5, 5.41) is 3.92. The molecule has 0 bridgehead atoms. The molecule has 26 heavy (non-hydrogen) atoms. The molecule has 3 rings (SSSR count). The molecule has 8 heteroatoms. The zero-order chi connectivity index (χ0) is 18.7. The van der Waals surface area contributed by atoms with Gasteiger partial charge < -0.3 is 10.2 Å². The Balaban J connectivity index is 1.48. The molecular weight excluding hydrogens is 414 g/mol. The third-order valence-electron chi connectivity index (χ3n) is 4.22. The van der Waals surface area contributed by atoms with Crippen LogP contribution in [0.25, 0.3) is 0 Å². The van der Waals surface area contributed by atoms with E-state index in [4.69, 9.17) is 0 Å². The lowest BCUT2D eigenvalue weighted by atomic mass is 9.96. The minimum absolute atomic E-state index is 0.0201. The van der Waals surface area contributed by atoms with Gasteiger partial charge in [0.05, 0.1) is 6.54 Å². The Kier molecular flexibility index (Phi) is 5.94. The van der Waals surface area contributed by atoms with Gasteiger partial charge in [-0.25, -0.2) is 4.98 Å². The number of nitrogens with one attached hydrogen (secondary N) is 1. The largest absolute Gasteiger partial charge is 0.344 e. The minimum atomic E-state index is -0.0261. The molecule has 1 aliphatic rings. The van der Waals surface area contributed by atoms with E-state index in [9.17, 15) is 4.79 Å². The molecule has 0 aliphatic carbocycles. The summed E-state index contributed by atoms with van der Waals surface area (Å²) in [5.74, 6) is 0.917. The first-order valence-corrected chi connectivity index (χ1v) is 10.2. The van der Waals surface area contributed by atoms with Crippen molar-refractivity contribution in [2.75, 3.05) is 42.9 Å². The lowest BCUT2D eigenvalue weighted by molar-refractivity contribution is -0.117. The molecule has 0 radical (unpaired) electrons. The van der Waals surface area contributed by atoms with Crippen LogP contribution in [-0.4, -0.2) is 52.9 Å². The molecule has 1 aliphatic heterocycles. The topological polar surface area (TPSA) is 61.4 Å². The normalized spacial score (nSPS) is 15.9. The maximum Gasteiger partial charge on any atom is 0.238 e. The fraction of sp³-hybridized carbons (Fsp3) is 0.500. The molecule has 0 unspecified atom stereocenters. The van der Waals surface area contributed by atoms with Gasteiger partial charge in [-0.05, 0) is 24.3 Å². The Morgan fingerprint density at radius 3 is 2.42 bits per heavy atom. The predicted molar refractivity (Wildman–Crippen MR) is 110 cm³/mol. The van der Waals surface area contributed by atoms with E-state index in [1.807, 2.05) is 24.3 Å². The standard InChI is InChI=1S/C18H24BrN5OS/c1-18(2,3)16-21-17(26-22-16)24-10-8-23(9-11-24)12-15(25)20-14-6-4-13(19)5-7-14/h4-7H,8-12H2,1-3H3,(H,20,25). The van der Waals surface area contributed by atoms with E-state index in [-0.39, 0.29) is 11.3 Å². The Morgan fingerprint density at radius 2 is 1.85 bits per heavy atom. The van der Waals surface area contributed by atoms with E-state index in [2.05, 4.69) is 61.2 Å². The maximum absolute atomic E-state index is 12.2. The van der Waals surface area contributed by atoms with E-state index in [0.29, 0.717) is 6.54 Å². The van der Waals surface area contributed by atoms with Gasteiger partial charge >= 0.3 is 0 Å². The molecule has 2 aromatic rings. The van der Waals surface area contributed by atoms with Gasteiger partial charge in [-0.3, -0.25) is 9.69 Å². The zero-order valence-electron chi connectivity index (χ0n) is 15.3. The molecule has 0 saturated carbocycles. The first kappa shape index (κ1) is 19.3. The van der Waals surface area contributed by atoms with Crippen LogP contribution in [0.5, 0.6) is 0 Å². The Labute approximate surface area is 166 Å². The summed E-state index contributed by atoms with van der Waals surface area (Å²) in [5.41, 5.74) is 0.794. The van der Waals surface area contributed by atoms with Crippen molar-refractivity contribution in [2.45, 2.75) is 26.2 Å². The number of nitrogens with zero attached hydrogens (tertiary/aromatic N) is 4. The summed E-state index contributed by atoms with van der Waals surface area (Å²) in [7, 11) is 0. The van der Waals surface area contributed by atoms with Crippen molar-refractivity contribution in [3.8, 4) is 0 Å². The van der Waals surface area contributed by atoms with Crippen molar-refractivity contribution in [3.05, 3.63) is 34.6 Å². The number of amides is 1. The number of aromatic nitrogens is 2. The number of carbonyl (C=O) groups is 1. The van der Waals surface area contributed by atoms with E-state index in [1.165, 1.54) is 11.5 Å². The van der Waals surface area contributed by atoms with Crippen LogP contribution in [0, 0.1) is 0 Å². The molecule has 1 aromatic heterocycles. The van der Waals surface area contributed by atoms with Crippen LogP contribution in [0.4, 0.5) is 10.8 Å². The minimum Gasteiger partial charge on any atom is -0.344 e. The highest BCUT2D eigenvalue weighted by Gasteiger charge is 2.24. The Bertz CT molecular complexity index is 748. The van der Waals surface area contributed by atoms with E-state index in [1.54, 1.807) is 0 Å². The van der Waals surface area contributed by atoms with Gasteiger partial charge in [-0.15, -0.1) is 0 Å². The number of carbonyl (C=O) groups excluding carboxylic acids is 1. The SMILES string of the molecule is CC(C)(C)c1nsc(N2CCN(CC(=O)Nc3ccc(Br)cc3)CC2)n1. The van der Waals surface area contributed by atoms with E-state index >= 15 is 0 Å². The fourth-order valence-electron chi connectivity index (χ4n) is 2.68. The summed E-state index contributed by atoms with van der Waals surface area (Å²) in [6.45, 7) is 10.2. The molecule has 1 N–H and O–H groups in total. The number of rotatable bonds is 4. The highest BCUT2D eigenvalue weighted by atomic mass is 79.9.